The van der Waals surface area contributed by atoms with Gasteiger partial charge in [-0.3, -0.25) is 4.79 Å². The van der Waals surface area contributed by atoms with Gasteiger partial charge in [0, 0.05) is 0 Å². The maximum atomic E-state index is 11.5. The van der Waals surface area contributed by atoms with Crippen LogP contribution in [0.2, 0.25) is 0 Å². The second kappa shape index (κ2) is 7.31. The lowest BCUT2D eigenvalue weighted by atomic mass is 9.69. The van der Waals surface area contributed by atoms with Crippen molar-refractivity contribution < 1.29 is 9.53 Å². The zero-order valence-electron chi connectivity index (χ0n) is 12.7. The zero-order valence-corrected chi connectivity index (χ0v) is 12.7. The summed E-state index contributed by atoms with van der Waals surface area (Å²) in [5.74, 6) is 3.06. The van der Waals surface area contributed by atoms with Crippen LogP contribution in [0.15, 0.2) is 0 Å². The Hall–Kier alpha value is -0.530. The maximum absolute atomic E-state index is 11.5. The van der Waals surface area contributed by atoms with Crippen molar-refractivity contribution in [3.63, 3.8) is 0 Å². The Balaban J connectivity index is 1.72. The van der Waals surface area contributed by atoms with Crippen molar-refractivity contribution in [3.05, 3.63) is 0 Å². The highest BCUT2D eigenvalue weighted by atomic mass is 16.5. The zero-order chi connectivity index (χ0) is 13.7. The minimum atomic E-state index is 0.0186. The predicted molar refractivity (Wildman–Crippen MR) is 77.8 cm³/mol. The van der Waals surface area contributed by atoms with E-state index < -0.39 is 0 Å². The Labute approximate surface area is 118 Å². The van der Waals surface area contributed by atoms with Crippen LogP contribution in [0, 0.1) is 23.7 Å². The third-order valence-corrected chi connectivity index (χ3v) is 5.56. The van der Waals surface area contributed by atoms with Crippen LogP contribution in [0.25, 0.3) is 0 Å². The molecule has 0 spiro atoms. The number of methoxy groups -OCH3 is 1. The fourth-order valence-electron chi connectivity index (χ4n) is 4.35. The van der Waals surface area contributed by atoms with Gasteiger partial charge in [0.05, 0.1) is 13.0 Å². The minimum Gasteiger partial charge on any atom is -0.469 e. The number of hydrogen-bond donors (Lipinski definition) is 0. The monoisotopic (exact) mass is 266 g/mol. The van der Waals surface area contributed by atoms with Gasteiger partial charge >= 0.3 is 5.97 Å². The van der Waals surface area contributed by atoms with E-state index in [0.717, 1.165) is 30.6 Å². The highest BCUT2D eigenvalue weighted by Crippen LogP contribution is 2.42. The first kappa shape index (κ1) is 14.9. The number of hydrogen-bond acceptors (Lipinski definition) is 2. The standard InChI is InChI=1S/C17H30O2/c1-3-4-13-5-7-14(8-6-13)15-9-11-16(12-10-15)17(18)19-2/h13-16H,3-12H2,1-2H3/t13-,14-,15-,16-. The maximum Gasteiger partial charge on any atom is 0.308 e. The van der Waals surface area contributed by atoms with Crippen LogP contribution < -0.4 is 0 Å². The molecule has 2 nitrogen and oxygen atoms in total. The summed E-state index contributed by atoms with van der Waals surface area (Å²) in [6, 6.07) is 0. The van der Waals surface area contributed by atoms with Gasteiger partial charge in [-0.2, -0.15) is 0 Å². The van der Waals surface area contributed by atoms with Crippen LogP contribution >= 0.6 is 0 Å². The molecule has 0 atom stereocenters. The van der Waals surface area contributed by atoms with Crippen LogP contribution in [-0.4, -0.2) is 13.1 Å². The Bertz CT molecular complexity index is 271. The fraction of sp³-hybridized carbons (Fsp3) is 0.941. The molecule has 0 aliphatic heterocycles. The Morgan fingerprint density at radius 1 is 0.947 bits per heavy atom. The van der Waals surface area contributed by atoms with Crippen LogP contribution in [0.3, 0.4) is 0 Å². The van der Waals surface area contributed by atoms with Gasteiger partial charge in [-0.25, -0.2) is 0 Å². The van der Waals surface area contributed by atoms with Crippen molar-refractivity contribution in [2.75, 3.05) is 7.11 Å². The molecule has 0 heterocycles. The third kappa shape index (κ3) is 3.97. The van der Waals surface area contributed by atoms with E-state index in [1.54, 1.807) is 0 Å². The van der Waals surface area contributed by atoms with E-state index in [1.807, 2.05) is 0 Å². The average molecular weight is 266 g/mol. The van der Waals surface area contributed by atoms with E-state index in [-0.39, 0.29) is 11.9 Å². The van der Waals surface area contributed by atoms with E-state index in [4.69, 9.17) is 4.74 Å². The molecule has 2 rings (SSSR count). The third-order valence-electron chi connectivity index (χ3n) is 5.56. The number of esters is 1. The Kier molecular flexibility index (Phi) is 5.72. The molecule has 0 amide bonds. The highest BCUT2D eigenvalue weighted by Gasteiger charge is 2.32. The van der Waals surface area contributed by atoms with Crippen molar-refractivity contribution >= 4 is 5.97 Å². The van der Waals surface area contributed by atoms with Gasteiger partial charge in [0.2, 0.25) is 0 Å². The Morgan fingerprint density at radius 2 is 1.47 bits per heavy atom. The summed E-state index contributed by atoms with van der Waals surface area (Å²) in [6.07, 6.45) is 13.2. The molecule has 0 bridgehead atoms. The molecule has 0 aromatic carbocycles. The fourth-order valence-corrected chi connectivity index (χ4v) is 4.35. The predicted octanol–water partition coefficient (Wildman–Crippen LogP) is 4.57. The van der Waals surface area contributed by atoms with E-state index in [0.29, 0.717) is 0 Å². The number of carbonyl (C=O) groups is 1. The number of ether oxygens (including phenoxy) is 1. The molecule has 0 radical (unpaired) electrons. The molecular weight excluding hydrogens is 236 g/mol. The lowest BCUT2D eigenvalue weighted by molar-refractivity contribution is -0.147. The van der Waals surface area contributed by atoms with Gasteiger partial charge in [0.25, 0.3) is 0 Å². The smallest absolute Gasteiger partial charge is 0.308 e. The second-order valence-electron chi connectivity index (χ2n) is 6.70. The summed E-state index contributed by atoms with van der Waals surface area (Å²) in [7, 11) is 1.52. The molecule has 0 saturated heterocycles. The van der Waals surface area contributed by atoms with Crippen molar-refractivity contribution in [2.45, 2.75) is 71.1 Å². The first-order chi connectivity index (χ1) is 9.24. The summed E-state index contributed by atoms with van der Waals surface area (Å²) in [5, 5.41) is 0. The van der Waals surface area contributed by atoms with Gasteiger partial charge in [-0.1, -0.05) is 32.6 Å². The van der Waals surface area contributed by atoms with Crippen LogP contribution in [0.1, 0.15) is 71.1 Å². The second-order valence-corrected chi connectivity index (χ2v) is 6.70. The first-order valence-electron chi connectivity index (χ1n) is 8.32. The average Bonchev–Trinajstić information content (AvgIpc) is 2.48. The van der Waals surface area contributed by atoms with Gasteiger partial charge in [-0.05, 0) is 56.3 Å². The SMILES string of the molecule is CCC[C@H]1CC[C@H]([C@H]2CC[C@H](C(=O)OC)CC2)CC1. The molecule has 2 aliphatic rings. The largest absolute Gasteiger partial charge is 0.469 e. The number of carbonyl (C=O) groups excluding carboxylic acids is 1. The molecule has 19 heavy (non-hydrogen) atoms. The topological polar surface area (TPSA) is 26.3 Å². The van der Waals surface area contributed by atoms with E-state index in [2.05, 4.69) is 6.92 Å². The van der Waals surface area contributed by atoms with Crippen LogP contribution in [0.4, 0.5) is 0 Å². The molecular formula is C17H30O2. The van der Waals surface area contributed by atoms with Gasteiger partial charge < -0.3 is 4.74 Å². The van der Waals surface area contributed by atoms with Crippen molar-refractivity contribution in [2.24, 2.45) is 23.7 Å². The van der Waals surface area contributed by atoms with Crippen molar-refractivity contribution in [1.29, 1.82) is 0 Å². The normalized spacial score (nSPS) is 35.9. The summed E-state index contributed by atoms with van der Waals surface area (Å²) >= 11 is 0. The molecule has 2 heteroatoms. The summed E-state index contributed by atoms with van der Waals surface area (Å²) in [4.78, 5) is 11.5. The van der Waals surface area contributed by atoms with Crippen molar-refractivity contribution in [3.8, 4) is 0 Å². The van der Waals surface area contributed by atoms with Crippen LogP contribution in [0.5, 0.6) is 0 Å². The molecule has 2 saturated carbocycles. The first-order valence-corrected chi connectivity index (χ1v) is 8.32. The van der Waals surface area contributed by atoms with E-state index in [9.17, 15) is 4.79 Å². The lowest BCUT2D eigenvalue weighted by Gasteiger charge is -2.37. The molecule has 110 valence electrons. The molecule has 0 aromatic rings. The lowest BCUT2D eigenvalue weighted by Crippen LogP contribution is -2.28. The Morgan fingerprint density at radius 3 is 1.95 bits per heavy atom. The highest BCUT2D eigenvalue weighted by molar-refractivity contribution is 5.72. The molecule has 0 unspecified atom stereocenters. The summed E-state index contributed by atoms with van der Waals surface area (Å²) in [6.45, 7) is 2.31. The molecule has 0 N–H and O–H groups in total. The van der Waals surface area contributed by atoms with Crippen LogP contribution in [-0.2, 0) is 9.53 Å². The van der Waals surface area contributed by atoms with Gasteiger partial charge in [-0.15, -0.1) is 0 Å². The number of rotatable bonds is 4. The molecule has 2 fully saturated rings. The summed E-state index contributed by atoms with van der Waals surface area (Å²) in [5.41, 5.74) is 0. The molecule has 2 aliphatic carbocycles. The van der Waals surface area contributed by atoms with E-state index >= 15 is 0 Å². The molecule has 0 aromatic heterocycles. The van der Waals surface area contributed by atoms with Gasteiger partial charge in [0.15, 0.2) is 0 Å². The quantitative estimate of drug-likeness (QED) is 0.697. The van der Waals surface area contributed by atoms with E-state index in [1.165, 1.54) is 58.5 Å². The summed E-state index contributed by atoms with van der Waals surface area (Å²) < 4.78 is 4.87. The van der Waals surface area contributed by atoms with Crippen molar-refractivity contribution in [1.82, 2.24) is 0 Å². The minimum absolute atomic E-state index is 0.0186. The van der Waals surface area contributed by atoms with Gasteiger partial charge in [0.1, 0.15) is 0 Å².